The summed E-state index contributed by atoms with van der Waals surface area (Å²) in [5.74, 6) is -0.844. The van der Waals surface area contributed by atoms with Crippen LogP contribution in [0.2, 0.25) is 5.02 Å². The lowest BCUT2D eigenvalue weighted by molar-refractivity contribution is 0.101. The number of para-hydroxylation sites is 1. The highest BCUT2D eigenvalue weighted by Gasteiger charge is 2.14. The largest absolute Gasteiger partial charge is 0.378 e. The molecule has 6 nitrogen and oxygen atoms in total. The van der Waals surface area contributed by atoms with E-state index in [0.29, 0.717) is 16.4 Å². The summed E-state index contributed by atoms with van der Waals surface area (Å²) in [5.41, 5.74) is 2.41. The van der Waals surface area contributed by atoms with Gasteiger partial charge in [-0.15, -0.1) is 0 Å². The van der Waals surface area contributed by atoms with E-state index < -0.39 is 11.8 Å². The number of anilines is 3. The van der Waals surface area contributed by atoms with Gasteiger partial charge >= 0.3 is 0 Å². The fourth-order valence-corrected chi connectivity index (χ4v) is 2.66. The second kappa shape index (κ2) is 8.54. The molecule has 2 amide bonds. The summed E-state index contributed by atoms with van der Waals surface area (Å²) in [6.45, 7) is 0. The Balaban J connectivity index is 1.72. The predicted molar refractivity (Wildman–Crippen MR) is 112 cm³/mol. The molecule has 0 saturated heterocycles. The molecule has 0 atom stereocenters. The topological polar surface area (TPSA) is 74.3 Å². The molecule has 0 unspecified atom stereocenters. The first-order chi connectivity index (χ1) is 13.4. The van der Waals surface area contributed by atoms with Gasteiger partial charge in [0.05, 0.1) is 10.7 Å². The Morgan fingerprint density at radius 1 is 0.821 bits per heavy atom. The van der Waals surface area contributed by atoms with Crippen LogP contribution in [0.3, 0.4) is 0 Å². The van der Waals surface area contributed by atoms with Gasteiger partial charge in [-0.05, 0) is 48.5 Å². The maximum absolute atomic E-state index is 12.5. The smallest absolute Gasteiger partial charge is 0.274 e. The minimum Gasteiger partial charge on any atom is -0.378 e. The lowest BCUT2D eigenvalue weighted by Crippen LogP contribution is -2.18. The molecule has 0 fully saturated rings. The molecule has 1 aromatic heterocycles. The molecule has 0 aliphatic carbocycles. The SMILES string of the molecule is CN(C)c1ccc(NC(=O)c2cccc(C(=O)Nc3ccccc3Cl)n2)cc1. The molecular formula is C21H19ClN4O2. The van der Waals surface area contributed by atoms with Crippen molar-refractivity contribution in [1.29, 1.82) is 0 Å². The Hall–Kier alpha value is -3.38. The Kier molecular flexibility index (Phi) is 5.91. The standard InChI is InChI=1S/C21H19ClN4O2/c1-26(2)15-12-10-14(11-13-15)23-20(27)18-8-5-9-19(24-18)21(28)25-17-7-4-3-6-16(17)22/h3-13H,1-2H3,(H,23,27)(H,25,28). The van der Waals surface area contributed by atoms with E-state index in [1.807, 2.05) is 31.1 Å². The summed E-state index contributed by atoms with van der Waals surface area (Å²) in [4.78, 5) is 31.0. The van der Waals surface area contributed by atoms with Crippen molar-refractivity contribution in [2.24, 2.45) is 0 Å². The number of halogens is 1. The number of pyridine rings is 1. The van der Waals surface area contributed by atoms with Crippen molar-refractivity contribution in [3.05, 3.63) is 83.1 Å². The number of carbonyl (C=O) groups excluding carboxylic acids is 2. The number of benzene rings is 2. The first-order valence-electron chi connectivity index (χ1n) is 8.56. The summed E-state index contributed by atoms with van der Waals surface area (Å²) in [6, 6.07) is 19.0. The zero-order valence-electron chi connectivity index (χ0n) is 15.4. The minimum atomic E-state index is -0.446. The number of nitrogens with zero attached hydrogens (tertiary/aromatic N) is 2. The van der Waals surface area contributed by atoms with Gasteiger partial charge in [0.1, 0.15) is 11.4 Å². The quantitative estimate of drug-likeness (QED) is 0.676. The normalized spacial score (nSPS) is 10.2. The zero-order valence-corrected chi connectivity index (χ0v) is 16.2. The summed E-state index contributed by atoms with van der Waals surface area (Å²) in [6.07, 6.45) is 0. The minimum absolute atomic E-state index is 0.121. The van der Waals surface area contributed by atoms with Crippen molar-refractivity contribution in [1.82, 2.24) is 4.98 Å². The molecule has 1 heterocycles. The van der Waals surface area contributed by atoms with Gasteiger partial charge in [-0.25, -0.2) is 4.98 Å². The van der Waals surface area contributed by atoms with Gasteiger partial charge in [-0.1, -0.05) is 29.8 Å². The fraction of sp³-hybridized carbons (Fsp3) is 0.0952. The van der Waals surface area contributed by atoms with Gasteiger partial charge in [0.2, 0.25) is 0 Å². The highest BCUT2D eigenvalue weighted by Crippen LogP contribution is 2.21. The second-order valence-corrected chi connectivity index (χ2v) is 6.64. The molecule has 0 bridgehead atoms. The molecule has 0 aliphatic rings. The molecule has 3 rings (SSSR count). The number of carbonyl (C=O) groups is 2. The van der Waals surface area contributed by atoms with Crippen molar-refractivity contribution < 1.29 is 9.59 Å². The van der Waals surface area contributed by atoms with E-state index in [0.717, 1.165) is 5.69 Å². The molecule has 0 spiro atoms. The number of hydrogen-bond acceptors (Lipinski definition) is 4. The van der Waals surface area contributed by atoms with Gasteiger partial charge in [0, 0.05) is 25.5 Å². The monoisotopic (exact) mass is 394 g/mol. The first-order valence-corrected chi connectivity index (χ1v) is 8.93. The van der Waals surface area contributed by atoms with Crippen LogP contribution in [-0.2, 0) is 0 Å². The number of amides is 2. The molecule has 3 aromatic rings. The molecule has 0 aliphatic heterocycles. The van der Waals surface area contributed by atoms with Crippen LogP contribution in [-0.4, -0.2) is 30.9 Å². The lowest BCUT2D eigenvalue weighted by atomic mass is 10.2. The van der Waals surface area contributed by atoms with Crippen LogP contribution in [0.15, 0.2) is 66.7 Å². The summed E-state index contributed by atoms with van der Waals surface area (Å²) in [7, 11) is 3.88. The molecule has 142 valence electrons. The molecular weight excluding hydrogens is 376 g/mol. The number of nitrogens with one attached hydrogen (secondary N) is 2. The van der Waals surface area contributed by atoms with Crippen molar-refractivity contribution in [2.45, 2.75) is 0 Å². The zero-order chi connectivity index (χ0) is 20.1. The molecule has 2 aromatic carbocycles. The van der Waals surface area contributed by atoms with Gasteiger partial charge < -0.3 is 15.5 Å². The van der Waals surface area contributed by atoms with Crippen LogP contribution in [0.5, 0.6) is 0 Å². The number of aromatic nitrogens is 1. The maximum Gasteiger partial charge on any atom is 0.274 e. The van der Waals surface area contributed by atoms with Gasteiger partial charge in [0.15, 0.2) is 0 Å². The molecule has 28 heavy (non-hydrogen) atoms. The van der Waals surface area contributed by atoms with Crippen molar-refractivity contribution in [2.75, 3.05) is 29.6 Å². The molecule has 0 saturated carbocycles. The highest BCUT2D eigenvalue weighted by atomic mass is 35.5. The molecule has 7 heteroatoms. The summed E-state index contributed by atoms with van der Waals surface area (Å²) < 4.78 is 0. The van der Waals surface area contributed by atoms with Crippen LogP contribution in [0.1, 0.15) is 21.0 Å². The van der Waals surface area contributed by atoms with E-state index in [1.54, 1.807) is 48.5 Å². The second-order valence-electron chi connectivity index (χ2n) is 6.24. The molecule has 2 N–H and O–H groups in total. The van der Waals surface area contributed by atoms with E-state index in [2.05, 4.69) is 15.6 Å². The Labute approximate surface area is 168 Å². The number of rotatable bonds is 5. The first kappa shape index (κ1) is 19.4. The van der Waals surface area contributed by atoms with Crippen molar-refractivity contribution in [3.8, 4) is 0 Å². The third-order valence-electron chi connectivity index (χ3n) is 3.98. The van der Waals surface area contributed by atoms with Gasteiger partial charge in [-0.3, -0.25) is 9.59 Å². The van der Waals surface area contributed by atoms with Crippen molar-refractivity contribution in [3.63, 3.8) is 0 Å². The van der Waals surface area contributed by atoms with Gasteiger partial charge in [0.25, 0.3) is 11.8 Å². The number of hydrogen-bond donors (Lipinski definition) is 2. The third kappa shape index (κ3) is 4.66. The van der Waals surface area contributed by atoms with Gasteiger partial charge in [-0.2, -0.15) is 0 Å². The third-order valence-corrected chi connectivity index (χ3v) is 4.31. The van der Waals surface area contributed by atoms with E-state index in [4.69, 9.17) is 11.6 Å². The van der Waals surface area contributed by atoms with E-state index in [-0.39, 0.29) is 11.4 Å². The van der Waals surface area contributed by atoms with Crippen LogP contribution in [0.25, 0.3) is 0 Å². The fourth-order valence-electron chi connectivity index (χ4n) is 2.47. The average Bonchev–Trinajstić information content (AvgIpc) is 2.70. The lowest BCUT2D eigenvalue weighted by Gasteiger charge is -2.13. The maximum atomic E-state index is 12.5. The Morgan fingerprint density at radius 3 is 2.04 bits per heavy atom. The Bertz CT molecular complexity index is 1000. The highest BCUT2D eigenvalue weighted by molar-refractivity contribution is 6.33. The van der Waals surface area contributed by atoms with Crippen LogP contribution in [0, 0.1) is 0 Å². The van der Waals surface area contributed by atoms with Crippen LogP contribution < -0.4 is 15.5 Å². The van der Waals surface area contributed by atoms with Crippen LogP contribution in [0.4, 0.5) is 17.1 Å². The van der Waals surface area contributed by atoms with E-state index in [9.17, 15) is 9.59 Å². The van der Waals surface area contributed by atoms with E-state index >= 15 is 0 Å². The Morgan fingerprint density at radius 2 is 1.43 bits per heavy atom. The van der Waals surface area contributed by atoms with Crippen LogP contribution >= 0.6 is 11.6 Å². The summed E-state index contributed by atoms with van der Waals surface area (Å²) >= 11 is 6.06. The summed E-state index contributed by atoms with van der Waals surface area (Å²) in [5, 5.41) is 5.89. The predicted octanol–water partition coefficient (Wildman–Crippen LogP) is 4.31. The molecule has 0 radical (unpaired) electrons. The average molecular weight is 395 g/mol. The van der Waals surface area contributed by atoms with E-state index in [1.165, 1.54) is 6.07 Å². The van der Waals surface area contributed by atoms with Crippen molar-refractivity contribution >= 4 is 40.5 Å².